The minimum Gasteiger partial charge on any atom is -0.494 e. The second-order valence-electron chi connectivity index (χ2n) is 6.77. The highest BCUT2D eigenvalue weighted by Gasteiger charge is 2.17. The summed E-state index contributed by atoms with van der Waals surface area (Å²) >= 11 is 0. The fraction of sp³-hybridized carbons (Fsp3) is 0.136. The number of hydrogen-bond acceptors (Lipinski definition) is 6. The van der Waals surface area contributed by atoms with Crippen LogP contribution in [-0.4, -0.2) is 36.1 Å². The molecule has 31 heavy (non-hydrogen) atoms. The fourth-order valence-corrected chi connectivity index (χ4v) is 4.31. The SMILES string of the molecule is CCOc1ccc(S(=O)(=O)c2ccc(CNC(=O)c3cnc4[nH]ncc4c3)cc2)cc1. The lowest BCUT2D eigenvalue weighted by molar-refractivity contribution is 0.0950. The minimum absolute atomic E-state index is 0.182. The van der Waals surface area contributed by atoms with Crippen molar-refractivity contribution in [3.63, 3.8) is 0 Å². The van der Waals surface area contributed by atoms with E-state index >= 15 is 0 Å². The molecule has 0 saturated heterocycles. The van der Waals surface area contributed by atoms with Crippen molar-refractivity contribution < 1.29 is 17.9 Å². The van der Waals surface area contributed by atoms with Crippen LogP contribution in [0.5, 0.6) is 5.75 Å². The van der Waals surface area contributed by atoms with E-state index in [-0.39, 0.29) is 22.2 Å². The third kappa shape index (κ3) is 4.41. The number of nitrogens with zero attached hydrogens (tertiary/aromatic N) is 2. The first-order valence-corrected chi connectivity index (χ1v) is 11.1. The molecule has 0 bridgehead atoms. The van der Waals surface area contributed by atoms with Crippen LogP contribution in [0.1, 0.15) is 22.8 Å². The molecule has 0 aliphatic heterocycles. The Bertz CT molecular complexity index is 1310. The summed E-state index contributed by atoms with van der Waals surface area (Å²) in [6.45, 7) is 2.63. The number of carbonyl (C=O) groups is 1. The maximum atomic E-state index is 12.8. The van der Waals surface area contributed by atoms with Crippen LogP contribution in [0, 0.1) is 0 Å². The Labute approximate surface area is 179 Å². The molecule has 0 radical (unpaired) electrons. The van der Waals surface area contributed by atoms with Crippen molar-refractivity contribution in [3.8, 4) is 5.75 Å². The fourth-order valence-electron chi connectivity index (χ4n) is 3.05. The molecule has 158 valence electrons. The highest BCUT2D eigenvalue weighted by Crippen LogP contribution is 2.23. The van der Waals surface area contributed by atoms with Gasteiger partial charge in [-0.1, -0.05) is 12.1 Å². The van der Waals surface area contributed by atoms with E-state index in [4.69, 9.17) is 4.74 Å². The van der Waals surface area contributed by atoms with Crippen LogP contribution in [0.4, 0.5) is 0 Å². The summed E-state index contributed by atoms with van der Waals surface area (Å²) in [5.41, 5.74) is 1.81. The number of benzene rings is 2. The first-order chi connectivity index (χ1) is 15.0. The highest BCUT2D eigenvalue weighted by molar-refractivity contribution is 7.91. The van der Waals surface area contributed by atoms with E-state index < -0.39 is 9.84 Å². The van der Waals surface area contributed by atoms with Gasteiger partial charge in [-0.15, -0.1) is 0 Å². The predicted molar refractivity (Wildman–Crippen MR) is 115 cm³/mol. The van der Waals surface area contributed by atoms with E-state index in [1.807, 2.05) is 6.92 Å². The van der Waals surface area contributed by atoms with E-state index in [1.165, 1.54) is 30.5 Å². The van der Waals surface area contributed by atoms with Gasteiger partial charge in [0, 0.05) is 18.1 Å². The number of rotatable bonds is 7. The van der Waals surface area contributed by atoms with Gasteiger partial charge in [0.2, 0.25) is 9.84 Å². The molecule has 0 aliphatic rings. The maximum Gasteiger partial charge on any atom is 0.253 e. The van der Waals surface area contributed by atoms with E-state index in [0.29, 0.717) is 23.6 Å². The van der Waals surface area contributed by atoms with Crippen molar-refractivity contribution in [1.29, 1.82) is 0 Å². The number of aromatic nitrogens is 3. The Morgan fingerprint density at radius 3 is 2.39 bits per heavy atom. The van der Waals surface area contributed by atoms with Gasteiger partial charge >= 0.3 is 0 Å². The molecule has 2 aromatic heterocycles. The maximum absolute atomic E-state index is 12.8. The molecule has 2 aromatic carbocycles. The highest BCUT2D eigenvalue weighted by atomic mass is 32.2. The molecule has 0 spiro atoms. The lowest BCUT2D eigenvalue weighted by Gasteiger charge is -2.09. The van der Waals surface area contributed by atoms with Gasteiger partial charge in [-0.05, 0) is 55.0 Å². The van der Waals surface area contributed by atoms with Crippen LogP contribution >= 0.6 is 0 Å². The van der Waals surface area contributed by atoms with E-state index in [2.05, 4.69) is 20.5 Å². The van der Waals surface area contributed by atoms with Gasteiger partial charge in [0.15, 0.2) is 5.65 Å². The third-order valence-electron chi connectivity index (χ3n) is 4.69. The second-order valence-corrected chi connectivity index (χ2v) is 8.72. The van der Waals surface area contributed by atoms with Crippen molar-refractivity contribution in [2.75, 3.05) is 6.61 Å². The summed E-state index contributed by atoms with van der Waals surface area (Å²) in [5.74, 6) is 0.344. The van der Waals surface area contributed by atoms with Gasteiger partial charge in [-0.3, -0.25) is 9.89 Å². The van der Waals surface area contributed by atoms with Crippen molar-refractivity contribution >= 4 is 26.8 Å². The number of nitrogens with one attached hydrogen (secondary N) is 2. The number of fused-ring (bicyclic) bond motifs is 1. The summed E-state index contributed by atoms with van der Waals surface area (Å²) < 4.78 is 31.0. The topological polar surface area (TPSA) is 114 Å². The molecule has 0 aliphatic carbocycles. The van der Waals surface area contributed by atoms with Crippen molar-refractivity contribution in [3.05, 3.63) is 78.1 Å². The first kappa shape index (κ1) is 20.5. The van der Waals surface area contributed by atoms with Gasteiger partial charge < -0.3 is 10.1 Å². The van der Waals surface area contributed by atoms with Crippen LogP contribution in [0.15, 0.2) is 76.8 Å². The number of aromatic amines is 1. The van der Waals surface area contributed by atoms with Gasteiger partial charge in [0.25, 0.3) is 5.91 Å². The molecule has 1 amide bonds. The monoisotopic (exact) mass is 436 g/mol. The standard InChI is InChI=1S/C22H20N4O4S/c1-2-30-18-5-9-20(10-6-18)31(28,29)19-7-3-15(4-8-19)12-24-22(27)17-11-16-14-25-26-21(16)23-13-17/h3-11,13-14H,2,12H2,1H3,(H,24,27)(H,23,25,26). The molecule has 0 atom stereocenters. The molecule has 4 rings (SSSR count). The van der Waals surface area contributed by atoms with Crippen molar-refractivity contribution in [2.45, 2.75) is 23.3 Å². The van der Waals surface area contributed by atoms with Gasteiger partial charge in [-0.25, -0.2) is 13.4 Å². The van der Waals surface area contributed by atoms with Gasteiger partial charge in [0.1, 0.15) is 5.75 Å². The first-order valence-electron chi connectivity index (χ1n) is 9.61. The Kier molecular flexibility index (Phi) is 5.68. The van der Waals surface area contributed by atoms with Crippen LogP contribution in [-0.2, 0) is 16.4 Å². The van der Waals surface area contributed by atoms with Crippen LogP contribution in [0.25, 0.3) is 11.0 Å². The summed E-state index contributed by atoms with van der Waals surface area (Å²) in [4.78, 5) is 16.9. The quantitative estimate of drug-likeness (QED) is 0.460. The normalized spacial score (nSPS) is 11.4. The zero-order chi connectivity index (χ0) is 21.8. The Balaban J connectivity index is 1.43. The molecule has 4 aromatic rings. The molecular formula is C22H20N4O4S. The predicted octanol–water partition coefficient (Wildman–Crippen LogP) is 3.12. The number of ether oxygens (including phenoxy) is 1. The number of sulfone groups is 1. The summed E-state index contributed by atoms with van der Waals surface area (Å²) in [5, 5.41) is 10.2. The summed E-state index contributed by atoms with van der Waals surface area (Å²) in [6.07, 6.45) is 3.07. The Morgan fingerprint density at radius 1 is 1.03 bits per heavy atom. The van der Waals surface area contributed by atoms with Crippen molar-refractivity contribution in [1.82, 2.24) is 20.5 Å². The van der Waals surface area contributed by atoms with Gasteiger partial charge in [0.05, 0.1) is 28.2 Å². The molecular weight excluding hydrogens is 416 g/mol. The number of amides is 1. The van der Waals surface area contributed by atoms with Gasteiger partial charge in [-0.2, -0.15) is 5.10 Å². The summed E-state index contributed by atoms with van der Waals surface area (Å²) in [6, 6.07) is 14.5. The minimum atomic E-state index is -3.64. The largest absolute Gasteiger partial charge is 0.494 e. The van der Waals surface area contributed by atoms with Crippen LogP contribution < -0.4 is 10.1 Å². The smallest absolute Gasteiger partial charge is 0.253 e. The van der Waals surface area contributed by atoms with E-state index in [9.17, 15) is 13.2 Å². The van der Waals surface area contributed by atoms with Crippen molar-refractivity contribution in [2.24, 2.45) is 0 Å². The zero-order valence-corrected chi connectivity index (χ0v) is 17.5. The number of hydrogen-bond donors (Lipinski definition) is 2. The average Bonchev–Trinajstić information content (AvgIpc) is 3.26. The lowest BCUT2D eigenvalue weighted by atomic mass is 10.2. The Hall–Kier alpha value is -3.72. The molecule has 8 nitrogen and oxygen atoms in total. The molecule has 0 saturated carbocycles. The third-order valence-corrected chi connectivity index (χ3v) is 6.47. The lowest BCUT2D eigenvalue weighted by Crippen LogP contribution is -2.22. The molecule has 0 fully saturated rings. The Morgan fingerprint density at radius 2 is 1.71 bits per heavy atom. The van der Waals surface area contributed by atoms with E-state index in [1.54, 1.807) is 36.5 Å². The molecule has 0 unspecified atom stereocenters. The molecule has 2 heterocycles. The van der Waals surface area contributed by atoms with E-state index in [0.717, 1.165) is 10.9 Å². The average molecular weight is 436 g/mol. The number of carbonyl (C=O) groups excluding carboxylic acids is 1. The number of H-pyrrole nitrogens is 1. The summed E-state index contributed by atoms with van der Waals surface area (Å²) in [7, 11) is -3.64. The van der Waals surface area contributed by atoms with Crippen LogP contribution in [0.2, 0.25) is 0 Å². The molecule has 9 heteroatoms. The van der Waals surface area contributed by atoms with Crippen LogP contribution in [0.3, 0.4) is 0 Å². The molecule has 2 N–H and O–H groups in total. The second kappa shape index (κ2) is 8.57. The zero-order valence-electron chi connectivity index (χ0n) is 16.7. The number of pyridine rings is 1.